The number of hydrogen-bond acceptors (Lipinski definition) is 4. The van der Waals surface area contributed by atoms with E-state index < -0.39 is 0 Å². The van der Waals surface area contributed by atoms with Crippen LogP contribution in [-0.4, -0.2) is 34.0 Å². The molecule has 1 aromatic heterocycles. The Hall–Kier alpha value is -1.94. The van der Waals surface area contributed by atoms with Gasteiger partial charge in [-0.3, -0.25) is 4.90 Å². The second kappa shape index (κ2) is 6.68. The van der Waals surface area contributed by atoms with Crippen LogP contribution in [0.25, 0.3) is 0 Å². The molecule has 1 aromatic carbocycles. The van der Waals surface area contributed by atoms with Gasteiger partial charge in [-0.25, -0.2) is 9.97 Å². The minimum absolute atomic E-state index is 0.446. The Morgan fingerprint density at radius 2 is 1.90 bits per heavy atom. The summed E-state index contributed by atoms with van der Waals surface area (Å²) in [5.41, 5.74) is 2.55. The summed E-state index contributed by atoms with van der Waals surface area (Å²) in [6.45, 7) is 5.31. The highest BCUT2D eigenvalue weighted by Crippen LogP contribution is 2.16. The van der Waals surface area contributed by atoms with Crippen LogP contribution in [0.1, 0.15) is 24.5 Å². The minimum atomic E-state index is 0.446. The maximum atomic E-state index is 4.38. The standard InChI is InChI=1S/C17H22N4/c1-2-14-10-18-17(19-11-14)20-16-8-9-21(13-16)12-15-6-4-3-5-7-15/h3-7,10-11,16H,2,8-9,12-13H2,1H3,(H,18,19,20)/t16-/m0/s1. The van der Waals surface area contributed by atoms with E-state index in [1.54, 1.807) is 0 Å². The largest absolute Gasteiger partial charge is 0.350 e. The Bertz CT molecular complexity index is 553. The normalized spacial score (nSPS) is 18.8. The molecule has 0 spiro atoms. The molecule has 1 atom stereocenters. The van der Waals surface area contributed by atoms with Crippen LogP contribution in [0.5, 0.6) is 0 Å². The third kappa shape index (κ3) is 3.79. The number of likely N-dealkylation sites (tertiary alicyclic amines) is 1. The molecule has 2 aromatic rings. The number of hydrogen-bond donors (Lipinski definition) is 1. The zero-order valence-corrected chi connectivity index (χ0v) is 12.5. The Morgan fingerprint density at radius 1 is 1.14 bits per heavy atom. The summed E-state index contributed by atoms with van der Waals surface area (Å²) in [6.07, 6.45) is 5.94. The molecule has 0 radical (unpaired) electrons. The lowest BCUT2D eigenvalue weighted by atomic mass is 10.2. The quantitative estimate of drug-likeness (QED) is 0.915. The third-order valence-electron chi connectivity index (χ3n) is 3.97. The topological polar surface area (TPSA) is 41.1 Å². The average molecular weight is 282 g/mol. The van der Waals surface area contributed by atoms with Crippen LogP contribution >= 0.6 is 0 Å². The van der Waals surface area contributed by atoms with Gasteiger partial charge in [-0.2, -0.15) is 0 Å². The van der Waals surface area contributed by atoms with E-state index in [2.05, 4.69) is 57.4 Å². The molecule has 21 heavy (non-hydrogen) atoms. The van der Waals surface area contributed by atoms with Crippen molar-refractivity contribution < 1.29 is 0 Å². The highest BCUT2D eigenvalue weighted by molar-refractivity contribution is 5.27. The van der Waals surface area contributed by atoms with E-state index in [0.717, 1.165) is 38.4 Å². The fourth-order valence-electron chi connectivity index (χ4n) is 2.73. The summed E-state index contributed by atoms with van der Waals surface area (Å²) in [4.78, 5) is 11.2. The van der Waals surface area contributed by atoms with Gasteiger partial charge in [0.15, 0.2) is 0 Å². The van der Waals surface area contributed by atoms with Gasteiger partial charge in [0.05, 0.1) is 0 Å². The molecule has 1 N–H and O–H groups in total. The number of nitrogens with one attached hydrogen (secondary N) is 1. The molecule has 0 saturated carbocycles. The van der Waals surface area contributed by atoms with E-state index in [9.17, 15) is 0 Å². The van der Waals surface area contributed by atoms with Gasteiger partial charge in [-0.1, -0.05) is 37.3 Å². The summed E-state index contributed by atoms with van der Waals surface area (Å²) in [6, 6.07) is 11.1. The van der Waals surface area contributed by atoms with Crippen molar-refractivity contribution in [3.8, 4) is 0 Å². The molecule has 3 rings (SSSR count). The average Bonchev–Trinajstić information content (AvgIpc) is 2.96. The van der Waals surface area contributed by atoms with E-state index in [-0.39, 0.29) is 0 Å². The first-order chi connectivity index (χ1) is 10.3. The van der Waals surface area contributed by atoms with Crippen molar-refractivity contribution in [1.82, 2.24) is 14.9 Å². The second-order valence-corrected chi connectivity index (χ2v) is 5.62. The van der Waals surface area contributed by atoms with E-state index >= 15 is 0 Å². The molecule has 0 amide bonds. The number of anilines is 1. The van der Waals surface area contributed by atoms with Gasteiger partial charge in [-0.15, -0.1) is 0 Å². The Balaban J connectivity index is 1.52. The molecule has 1 fully saturated rings. The van der Waals surface area contributed by atoms with Crippen LogP contribution in [0, 0.1) is 0 Å². The lowest BCUT2D eigenvalue weighted by Gasteiger charge is -2.16. The molecular weight excluding hydrogens is 260 g/mol. The molecule has 0 aliphatic carbocycles. The molecule has 0 unspecified atom stereocenters. The molecular formula is C17H22N4. The number of rotatable bonds is 5. The van der Waals surface area contributed by atoms with Gasteiger partial charge in [0.1, 0.15) is 0 Å². The fourth-order valence-corrected chi connectivity index (χ4v) is 2.73. The van der Waals surface area contributed by atoms with Crippen LogP contribution in [0.4, 0.5) is 5.95 Å². The predicted molar refractivity (Wildman–Crippen MR) is 85.2 cm³/mol. The van der Waals surface area contributed by atoms with Crippen LogP contribution in [0.2, 0.25) is 0 Å². The van der Waals surface area contributed by atoms with E-state index in [1.165, 1.54) is 11.1 Å². The van der Waals surface area contributed by atoms with Crippen molar-refractivity contribution in [2.24, 2.45) is 0 Å². The fraction of sp³-hybridized carbons (Fsp3) is 0.412. The Labute approximate surface area is 126 Å². The van der Waals surface area contributed by atoms with Crippen LogP contribution < -0.4 is 5.32 Å². The first-order valence-electron chi connectivity index (χ1n) is 7.67. The zero-order valence-electron chi connectivity index (χ0n) is 12.5. The van der Waals surface area contributed by atoms with Gasteiger partial charge in [0.25, 0.3) is 0 Å². The maximum Gasteiger partial charge on any atom is 0.222 e. The third-order valence-corrected chi connectivity index (χ3v) is 3.97. The highest BCUT2D eigenvalue weighted by Gasteiger charge is 2.22. The number of nitrogens with zero attached hydrogens (tertiary/aromatic N) is 3. The van der Waals surface area contributed by atoms with Crippen molar-refractivity contribution in [3.63, 3.8) is 0 Å². The molecule has 1 aliphatic heterocycles. The molecule has 2 heterocycles. The monoisotopic (exact) mass is 282 g/mol. The van der Waals surface area contributed by atoms with Crippen molar-refractivity contribution in [3.05, 3.63) is 53.9 Å². The molecule has 4 nitrogen and oxygen atoms in total. The van der Waals surface area contributed by atoms with Crippen molar-refractivity contribution >= 4 is 5.95 Å². The van der Waals surface area contributed by atoms with Crippen molar-refractivity contribution in [2.45, 2.75) is 32.4 Å². The van der Waals surface area contributed by atoms with Crippen LogP contribution in [0.3, 0.4) is 0 Å². The first kappa shape index (κ1) is 14.0. The molecule has 1 aliphatic rings. The minimum Gasteiger partial charge on any atom is -0.350 e. The molecule has 0 bridgehead atoms. The summed E-state index contributed by atoms with van der Waals surface area (Å²) in [5.74, 6) is 0.749. The molecule has 110 valence electrons. The predicted octanol–water partition coefficient (Wildman–Crippen LogP) is 2.73. The SMILES string of the molecule is CCc1cnc(N[C@H]2CCN(Cc3ccccc3)C2)nc1. The van der Waals surface area contributed by atoms with Gasteiger partial charge in [-0.05, 0) is 24.0 Å². The molecule has 1 saturated heterocycles. The number of aryl methyl sites for hydroxylation is 1. The molecule has 4 heteroatoms. The van der Waals surface area contributed by atoms with E-state index in [0.29, 0.717) is 6.04 Å². The van der Waals surface area contributed by atoms with Gasteiger partial charge < -0.3 is 5.32 Å². The maximum absolute atomic E-state index is 4.38. The van der Waals surface area contributed by atoms with Gasteiger partial charge in [0.2, 0.25) is 5.95 Å². The first-order valence-corrected chi connectivity index (χ1v) is 7.67. The summed E-state index contributed by atoms with van der Waals surface area (Å²) in [5, 5.41) is 3.44. The van der Waals surface area contributed by atoms with Crippen molar-refractivity contribution in [2.75, 3.05) is 18.4 Å². The summed E-state index contributed by atoms with van der Waals surface area (Å²) in [7, 11) is 0. The van der Waals surface area contributed by atoms with Gasteiger partial charge >= 0.3 is 0 Å². The Morgan fingerprint density at radius 3 is 2.62 bits per heavy atom. The zero-order chi connectivity index (χ0) is 14.5. The lowest BCUT2D eigenvalue weighted by molar-refractivity contribution is 0.328. The number of benzene rings is 1. The smallest absolute Gasteiger partial charge is 0.222 e. The van der Waals surface area contributed by atoms with Crippen LogP contribution in [-0.2, 0) is 13.0 Å². The number of aromatic nitrogens is 2. The highest BCUT2D eigenvalue weighted by atomic mass is 15.2. The summed E-state index contributed by atoms with van der Waals surface area (Å²) >= 11 is 0. The second-order valence-electron chi connectivity index (χ2n) is 5.62. The summed E-state index contributed by atoms with van der Waals surface area (Å²) < 4.78 is 0. The van der Waals surface area contributed by atoms with Crippen molar-refractivity contribution in [1.29, 1.82) is 0 Å². The Kier molecular flexibility index (Phi) is 4.46. The van der Waals surface area contributed by atoms with Gasteiger partial charge in [0, 0.05) is 38.1 Å². The van der Waals surface area contributed by atoms with E-state index in [4.69, 9.17) is 0 Å². The van der Waals surface area contributed by atoms with Crippen LogP contribution in [0.15, 0.2) is 42.7 Å². The lowest BCUT2D eigenvalue weighted by Crippen LogP contribution is -2.26. The van der Waals surface area contributed by atoms with E-state index in [1.807, 2.05) is 12.4 Å².